The highest BCUT2D eigenvalue weighted by Gasteiger charge is 1.87. The van der Waals surface area contributed by atoms with Crippen molar-refractivity contribution >= 4 is 0 Å². The lowest BCUT2D eigenvalue weighted by atomic mass is 10.6. The fourth-order valence-corrected chi connectivity index (χ4v) is 0.389. The van der Waals surface area contributed by atoms with E-state index in [0.29, 0.717) is 6.79 Å². The Morgan fingerprint density at radius 1 is 1.33 bits per heavy atom. The van der Waals surface area contributed by atoms with Crippen molar-refractivity contribution in [1.29, 1.82) is 0 Å². The Balaban J connectivity index is 2.75. The Kier molecular flexibility index (Phi) is 5.93. The van der Waals surface area contributed by atoms with Crippen molar-refractivity contribution in [3.63, 3.8) is 0 Å². The van der Waals surface area contributed by atoms with Crippen LogP contribution >= 0.6 is 0 Å². The monoisotopic (exact) mass is 133 g/mol. The molecule has 0 unspecified atom stereocenters. The number of hydrogen-bond acceptors (Lipinski definition) is 3. The molecule has 0 rings (SSSR count). The summed E-state index contributed by atoms with van der Waals surface area (Å²) in [6, 6.07) is 0. The van der Waals surface area contributed by atoms with E-state index >= 15 is 0 Å². The maximum Gasteiger partial charge on any atom is 0.146 e. The molecular formula is C6H15NO2. The number of methoxy groups -OCH3 is 1. The molecule has 9 heavy (non-hydrogen) atoms. The molecule has 0 fully saturated rings. The predicted molar refractivity (Wildman–Crippen MR) is 36.4 cm³/mol. The van der Waals surface area contributed by atoms with Crippen LogP contribution in [0.25, 0.3) is 0 Å². The van der Waals surface area contributed by atoms with Crippen LogP contribution in [-0.2, 0) is 9.47 Å². The van der Waals surface area contributed by atoms with Gasteiger partial charge in [-0.15, -0.1) is 0 Å². The van der Waals surface area contributed by atoms with E-state index in [1.807, 2.05) is 14.1 Å². The van der Waals surface area contributed by atoms with E-state index in [4.69, 9.17) is 4.74 Å². The van der Waals surface area contributed by atoms with Crippen LogP contribution in [0.15, 0.2) is 0 Å². The summed E-state index contributed by atoms with van der Waals surface area (Å²) in [7, 11) is 5.64. The van der Waals surface area contributed by atoms with Gasteiger partial charge in [0.2, 0.25) is 0 Å². The molecule has 0 amide bonds. The molecule has 56 valence electrons. The Morgan fingerprint density at radius 3 is 2.44 bits per heavy atom. The molecule has 0 aromatic rings. The molecule has 0 aliphatic rings. The van der Waals surface area contributed by atoms with Gasteiger partial charge in [-0.05, 0) is 14.1 Å². The first-order valence-electron chi connectivity index (χ1n) is 2.98. The van der Waals surface area contributed by atoms with Crippen LogP contribution in [0.3, 0.4) is 0 Å². The molecule has 0 atom stereocenters. The van der Waals surface area contributed by atoms with Crippen molar-refractivity contribution in [3.05, 3.63) is 0 Å². The standard InChI is InChI=1S/C6H15NO2/c1-7(2)4-5-9-6-8-3/h4-6H2,1-3H3. The van der Waals surface area contributed by atoms with Crippen LogP contribution < -0.4 is 0 Å². The highest BCUT2D eigenvalue weighted by Crippen LogP contribution is 1.77. The normalized spacial score (nSPS) is 10.7. The number of ether oxygens (including phenoxy) is 2. The molecule has 0 radical (unpaired) electrons. The van der Waals surface area contributed by atoms with Gasteiger partial charge < -0.3 is 14.4 Å². The van der Waals surface area contributed by atoms with E-state index in [0.717, 1.165) is 13.2 Å². The van der Waals surface area contributed by atoms with Crippen molar-refractivity contribution in [1.82, 2.24) is 4.90 Å². The topological polar surface area (TPSA) is 21.7 Å². The first-order valence-corrected chi connectivity index (χ1v) is 2.98. The van der Waals surface area contributed by atoms with Gasteiger partial charge >= 0.3 is 0 Å². The number of rotatable bonds is 5. The lowest BCUT2D eigenvalue weighted by Crippen LogP contribution is -2.18. The summed E-state index contributed by atoms with van der Waals surface area (Å²) < 4.78 is 9.71. The van der Waals surface area contributed by atoms with Crippen molar-refractivity contribution < 1.29 is 9.47 Å². The predicted octanol–water partition coefficient (Wildman–Crippen LogP) is 0.169. The maximum absolute atomic E-state index is 5.03. The second-order valence-electron chi connectivity index (χ2n) is 2.12. The lowest BCUT2D eigenvalue weighted by molar-refractivity contribution is -0.0339. The Labute approximate surface area is 56.6 Å². The van der Waals surface area contributed by atoms with Crippen molar-refractivity contribution in [3.8, 4) is 0 Å². The SMILES string of the molecule is COCOCCN(C)C. The molecule has 3 nitrogen and oxygen atoms in total. The zero-order valence-corrected chi connectivity index (χ0v) is 6.39. The molecule has 0 heterocycles. The number of likely N-dealkylation sites (N-methyl/N-ethyl adjacent to an activating group) is 1. The number of nitrogens with zero attached hydrogens (tertiary/aromatic N) is 1. The zero-order chi connectivity index (χ0) is 7.11. The quantitative estimate of drug-likeness (QED) is 0.394. The summed E-state index contributed by atoms with van der Waals surface area (Å²) in [5.41, 5.74) is 0. The molecule has 0 N–H and O–H groups in total. The third-order valence-corrected chi connectivity index (χ3v) is 0.884. The van der Waals surface area contributed by atoms with Crippen LogP contribution in [0.5, 0.6) is 0 Å². The largest absolute Gasteiger partial charge is 0.359 e. The summed E-state index contributed by atoms with van der Waals surface area (Å²) in [4.78, 5) is 2.07. The van der Waals surface area contributed by atoms with E-state index in [1.165, 1.54) is 0 Å². The van der Waals surface area contributed by atoms with Gasteiger partial charge in [0.1, 0.15) is 6.79 Å². The van der Waals surface area contributed by atoms with Crippen LogP contribution in [0.4, 0.5) is 0 Å². The van der Waals surface area contributed by atoms with Gasteiger partial charge in [0.05, 0.1) is 6.61 Å². The minimum atomic E-state index is 0.397. The smallest absolute Gasteiger partial charge is 0.146 e. The second kappa shape index (κ2) is 6.01. The molecular weight excluding hydrogens is 118 g/mol. The van der Waals surface area contributed by atoms with Gasteiger partial charge in [-0.3, -0.25) is 0 Å². The van der Waals surface area contributed by atoms with E-state index in [9.17, 15) is 0 Å². The third-order valence-electron chi connectivity index (χ3n) is 0.884. The third kappa shape index (κ3) is 7.88. The molecule has 0 aliphatic carbocycles. The summed E-state index contributed by atoms with van der Waals surface area (Å²) >= 11 is 0. The van der Waals surface area contributed by atoms with E-state index in [-0.39, 0.29) is 0 Å². The summed E-state index contributed by atoms with van der Waals surface area (Å²) in [5, 5.41) is 0. The van der Waals surface area contributed by atoms with Crippen LogP contribution in [0, 0.1) is 0 Å². The Bertz CT molecular complexity index is 57.0. The minimum absolute atomic E-state index is 0.397. The molecule has 0 aliphatic heterocycles. The van der Waals surface area contributed by atoms with Crippen LogP contribution in [-0.4, -0.2) is 46.0 Å². The second-order valence-corrected chi connectivity index (χ2v) is 2.12. The van der Waals surface area contributed by atoms with Crippen molar-refractivity contribution in [2.75, 3.05) is 41.1 Å². The van der Waals surface area contributed by atoms with E-state index in [2.05, 4.69) is 9.64 Å². The zero-order valence-electron chi connectivity index (χ0n) is 6.39. The molecule has 0 aromatic heterocycles. The first kappa shape index (κ1) is 8.88. The van der Waals surface area contributed by atoms with Gasteiger partial charge in [0.25, 0.3) is 0 Å². The number of hydrogen-bond donors (Lipinski definition) is 0. The Hall–Kier alpha value is -0.120. The van der Waals surface area contributed by atoms with E-state index < -0.39 is 0 Å². The molecule has 0 spiro atoms. The van der Waals surface area contributed by atoms with Gasteiger partial charge in [0, 0.05) is 13.7 Å². The van der Waals surface area contributed by atoms with Gasteiger partial charge in [-0.1, -0.05) is 0 Å². The van der Waals surface area contributed by atoms with Crippen molar-refractivity contribution in [2.24, 2.45) is 0 Å². The molecule has 0 bridgehead atoms. The molecule has 0 aromatic carbocycles. The van der Waals surface area contributed by atoms with Gasteiger partial charge in [-0.2, -0.15) is 0 Å². The Morgan fingerprint density at radius 2 is 2.00 bits per heavy atom. The lowest BCUT2D eigenvalue weighted by Gasteiger charge is -2.08. The fraction of sp³-hybridized carbons (Fsp3) is 1.00. The minimum Gasteiger partial charge on any atom is -0.359 e. The fourth-order valence-electron chi connectivity index (χ4n) is 0.389. The van der Waals surface area contributed by atoms with Gasteiger partial charge in [-0.25, -0.2) is 0 Å². The first-order chi connectivity index (χ1) is 4.27. The average Bonchev–Trinajstić information content (AvgIpc) is 1.80. The summed E-state index contributed by atoms with van der Waals surface area (Å²) in [6.45, 7) is 2.08. The highest BCUT2D eigenvalue weighted by atomic mass is 16.7. The summed E-state index contributed by atoms with van der Waals surface area (Å²) in [6.07, 6.45) is 0. The van der Waals surface area contributed by atoms with Crippen LogP contribution in [0.2, 0.25) is 0 Å². The molecule has 0 saturated carbocycles. The molecule has 3 heteroatoms. The van der Waals surface area contributed by atoms with Crippen LogP contribution in [0.1, 0.15) is 0 Å². The summed E-state index contributed by atoms with van der Waals surface area (Å²) in [5.74, 6) is 0. The maximum atomic E-state index is 5.03. The molecule has 0 saturated heterocycles. The van der Waals surface area contributed by atoms with Gasteiger partial charge in [0.15, 0.2) is 0 Å². The van der Waals surface area contributed by atoms with E-state index in [1.54, 1.807) is 7.11 Å². The highest BCUT2D eigenvalue weighted by molar-refractivity contribution is 4.37. The average molecular weight is 133 g/mol. The van der Waals surface area contributed by atoms with Crippen molar-refractivity contribution in [2.45, 2.75) is 0 Å².